The fourth-order valence-electron chi connectivity index (χ4n) is 2.31. The minimum atomic E-state index is 0.925. The van der Waals surface area contributed by atoms with Gasteiger partial charge in [0, 0.05) is 19.3 Å². The first-order valence-corrected chi connectivity index (χ1v) is 7.22. The summed E-state index contributed by atoms with van der Waals surface area (Å²) >= 11 is 0. The summed E-state index contributed by atoms with van der Waals surface area (Å²) in [6, 6.07) is 15.2. The number of anilines is 1. The predicted molar refractivity (Wildman–Crippen MR) is 87.3 cm³/mol. The molecule has 0 aliphatic heterocycles. The predicted octanol–water partition coefficient (Wildman–Crippen LogP) is 3.68. The maximum atomic E-state index is 3.51. The lowest BCUT2D eigenvalue weighted by molar-refractivity contribution is 0.685. The second-order valence-electron chi connectivity index (χ2n) is 5.30. The van der Waals surface area contributed by atoms with Crippen LogP contribution in [0, 0.1) is 13.8 Å². The summed E-state index contributed by atoms with van der Waals surface area (Å²) in [7, 11) is 1.94. The van der Waals surface area contributed by atoms with E-state index in [-0.39, 0.29) is 0 Å². The highest BCUT2D eigenvalue weighted by atomic mass is 14.8. The molecule has 0 bridgehead atoms. The average molecular weight is 268 g/mol. The SMILES string of the molecule is CNc1ccc(CNCCc2cc(C)ccc2C)cc1. The van der Waals surface area contributed by atoms with Crippen LogP contribution in [0.1, 0.15) is 22.3 Å². The van der Waals surface area contributed by atoms with E-state index in [1.165, 1.54) is 22.3 Å². The number of rotatable bonds is 6. The van der Waals surface area contributed by atoms with E-state index in [9.17, 15) is 0 Å². The van der Waals surface area contributed by atoms with E-state index in [0.29, 0.717) is 0 Å². The highest BCUT2D eigenvalue weighted by Crippen LogP contribution is 2.11. The van der Waals surface area contributed by atoms with Gasteiger partial charge in [-0.05, 0) is 55.6 Å². The van der Waals surface area contributed by atoms with Gasteiger partial charge in [-0.1, -0.05) is 35.9 Å². The van der Waals surface area contributed by atoms with Crippen LogP contribution in [0.3, 0.4) is 0 Å². The Kier molecular flexibility index (Phi) is 5.19. The minimum absolute atomic E-state index is 0.925. The molecule has 2 aromatic rings. The Hall–Kier alpha value is -1.80. The highest BCUT2D eigenvalue weighted by Gasteiger charge is 1.99. The van der Waals surface area contributed by atoms with Gasteiger partial charge in [0.05, 0.1) is 0 Å². The molecular weight excluding hydrogens is 244 g/mol. The van der Waals surface area contributed by atoms with E-state index in [0.717, 1.165) is 25.2 Å². The zero-order chi connectivity index (χ0) is 14.4. The van der Waals surface area contributed by atoms with E-state index < -0.39 is 0 Å². The van der Waals surface area contributed by atoms with E-state index in [2.05, 4.69) is 66.9 Å². The molecular formula is C18H24N2. The summed E-state index contributed by atoms with van der Waals surface area (Å²) in [5.74, 6) is 0. The molecule has 2 aromatic carbocycles. The second kappa shape index (κ2) is 7.11. The first-order valence-electron chi connectivity index (χ1n) is 7.22. The molecule has 106 valence electrons. The molecule has 0 heterocycles. The summed E-state index contributed by atoms with van der Waals surface area (Å²) < 4.78 is 0. The van der Waals surface area contributed by atoms with Crippen molar-refractivity contribution >= 4 is 5.69 Å². The van der Waals surface area contributed by atoms with Gasteiger partial charge in [0.25, 0.3) is 0 Å². The molecule has 0 aromatic heterocycles. The van der Waals surface area contributed by atoms with Crippen LogP contribution >= 0.6 is 0 Å². The third kappa shape index (κ3) is 4.10. The van der Waals surface area contributed by atoms with Crippen LogP contribution in [0.25, 0.3) is 0 Å². The smallest absolute Gasteiger partial charge is 0.0337 e. The molecule has 0 fully saturated rings. The van der Waals surface area contributed by atoms with Crippen molar-refractivity contribution < 1.29 is 0 Å². The zero-order valence-electron chi connectivity index (χ0n) is 12.7. The van der Waals surface area contributed by atoms with Crippen LogP contribution in [-0.4, -0.2) is 13.6 Å². The summed E-state index contributed by atoms with van der Waals surface area (Å²) in [6.45, 7) is 6.28. The van der Waals surface area contributed by atoms with Crippen LogP contribution < -0.4 is 10.6 Å². The zero-order valence-corrected chi connectivity index (χ0v) is 12.7. The van der Waals surface area contributed by atoms with Crippen LogP contribution in [0.5, 0.6) is 0 Å². The van der Waals surface area contributed by atoms with Gasteiger partial charge in [-0.3, -0.25) is 0 Å². The molecule has 0 saturated heterocycles. The van der Waals surface area contributed by atoms with Crippen LogP contribution in [0.15, 0.2) is 42.5 Å². The second-order valence-corrected chi connectivity index (χ2v) is 5.30. The topological polar surface area (TPSA) is 24.1 Å². The molecule has 0 atom stereocenters. The summed E-state index contributed by atoms with van der Waals surface area (Å²) in [6.07, 6.45) is 1.09. The van der Waals surface area contributed by atoms with Gasteiger partial charge < -0.3 is 10.6 Å². The molecule has 0 unspecified atom stereocenters. The Morgan fingerprint density at radius 3 is 2.40 bits per heavy atom. The summed E-state index contributed by atoms with van der Waals surface area (Å²) in [5, 5.41) is 6.65. The maximum absolute atomic E-state index is 3.51. The number of nitrogens with one attached hydrogen (secondary N) is 2. The minimum Gasteiger partial charge on any atom is -0.388 e. The molecule has 0 spiro atoms. The summed E-state index contributed by atoms with van der Waals surface area (Å²) in [5.41, 5.74) is 6.65. The first-order chi connectivity index (χ1) is 9.69. The molecule has 0 amide bonds. The summed E-state index contributed by atoms with van der Waals surface area (Å²) in [4.78, 5) is 0. The number of hydrogen-bond acceptors (Lipinski definition) is 2. The van der Waals surface area contributed by atoms with E-state index in [1.54, 1.807) is 0 Å². The van der Waals surface area contributed by atoms with Crippen LogP contribution in [0.4, 0.5) is 5.69 Å². The van der Waals surface area contributed by atoms with E-state index in [1.807, 2.05) is 7.05 Å². The molecule has 0 radical (unpaired) electrons. The monoisotopic (exact) mass is 268 g/mol. The van der Waals surface area contributed by atoms with Crippen molar-refractivity contribution in [3.8, 4) is 0 Å². The van der Waals surface area contributed by atoms with Gasteiger partial charge in [0.15, 0.2) is 0 Å². The van der Waals surface area contributed by atoms with E-state index in [4.69, 9.17) is 0 Å². The Bertz CT molecular complexity index is 544. The van der Waals surface area contributed by atoms with Crippen molar-refractivity contribution in [2.75, 3.05) is 18.9 Å². The molecule has 2 heteroatoms. The molecule has 2 nitrogen and oxygen atoms in total. The highest BCUT2D eigenvalue weighted by molar-refractivity contribution is 5.43. The quantitative estimate of drug-likeness (QED) is 0.781. The lowest BCUT2D eigenvalue weighted by Crippen LogP contribution is -2.17. The Morgan fingerprint density at radius 2 is 1.70 bits per heavy atom. The normalized spacial score (nSPS) is 10.6. The van der Waals surface area contributed by atoms with Gasteiger partial charge >= 0.3 is 0 Å². The number of aryl methyl sites for hydroxylation is 2. The largest absolute Gasteiger partial charge is 0.388 e. The lowest BCUT2D eigenvalue weighted by atomic mass is 10.0. The third-order valence-electron chi connectivity index (χ3n) is 3.65. The van der Waals surface area contributed by atoms with Crippen molar-refractivity contribution in [3.63, 3.8) is 0 Å². The van der Waals surface area contributed by atoms with E-state index >= 15 is 0 Å². The van der Waals surface area contributed by atoms with Gasteiger partial charge in [-0.2, -0.15) is 0 Å². The lowest BCUT2D eigenvalue weighted by Gasteiger charge is -2.09. The molecule has 2 rings (SSSR count). The third-order valence-corrected chi connectivity index (χ3v) is 3.65. The van der Waals surface area contributed by atoms with Crippen molar-refractivity contribution in [2.45, 2.75) is 26.8 Å². The number of benzene rings is 2. The molecule has 0 saturated carbocycles. The molecule has 0 aliphatic carbocycles. The first kappa shape index (κ1) is 14.6. The van der Waals surface area contributed by atoms with Crippen molar-refractivity contribution in [1.82, 2.24) is 5.32 Å². The Morgan fingerprint density at radius 1 is 0.950 bits per heavy atom. The van der Waals surface area contributed by atoms with Crippen LogP contribution in [-0.2, 0) is 13.0 Å². The Labute approximate surface area is 122 Å². The van der Waals surface area contributed by atoms with Crippen molar-refractivity contribution in [3.05, 3.63) is 64.7 Å². The van der Waals surface area contributed by atoms with Crippen molar-refractivity contribution in [2.24, 2.45) is 0 Å². The van der Waals surface area contributed by atoms with Gasteiger partial charge in [-0.25, -0.2) is 0 Å². The molecule has 0 aliphatic rings. The molecule has 2 N–H and O–H groups in total. The van der Waals surface area contributed by atoms with Gasteiger partial charge in [0.2, 0.25) is 0 Å². The fourth-order valence-corrected chi connectivity index (χ4v) is 2.31. The Balaban J connectivity index is 1.79. The average Bonchev–Trinajstić information content (AvgIpc) is 2.47. The fraction of sp³-hybridized carbons (Fsp3) is 0.333. The van der Waals surface area contributed by atoms with Crippen molar-refractivity contribution in [1.29, 1.82) is 0 Å². The standard InChI is InChI=1S/C18H24N2/c1-14-4-5-15(2)17(12-14)10-11-20-13-16-6-8-18(19-3)9-7-16/h4-9,12,19-20H,10-11,13H2,1-3H3. The maximum Gasteiger partial charge on any atom is 0.0337 e. The van der Waals surface area contributed by atoms with Crippen LogP contribution in [0.2, 0.25) is 0 Å². The van der Waals surface area contributed by atoms with Gasteiger partial charge in [-0.15, -0.1) is 0 Å². The van der Waals surface area contributed by atoms with Gasteiger partial charge in [0.1, 0.15) is 0 Å². The molecule has 20 heavy (non-hydrogen) atoms. The number of hydrogen-bond donors (Lipinski definition) is 2.